The van der Waals surface area contributed by atoms with Gasteiger partial charge in [-0.05, 0) is 49.5 Å². The summed E-state index contributed by atoms with van der Waals surface area (Å²) in [5, 5.41) is 0. The van der Waals surface area contributed by atoms with Crippen LogP contribution in [-0.2, 0) is 14.3 Å². The van der Waals surface area contributed by atoms with E-state index in [-0.39, 0.29) is 17.1 Å². The SMILES string of the molecule is O=S(=O)(OC1=CCC[C@@]23CCC[C@@H]2C[C@@H]13)C(F)(F)F. The molecule has 0 radical (unpaired) electrons. The minimum absolute atomic E-state index is 0.0190. The fraction of sp³-hybridized carbons (Fsp3) is 0.833. The van der Waals surface area contributed by atoms with Gasteiger partial charge in [-0.25, -0.2) is 0 Å². The van der Waals surface area contributed by atoms with E-state index in [0.29, 0.717) is 12.3 Å². The predicted octanol–water partition coefficient (Wildman–Crippen LogP) is 3.34. The minimum Gasteiger partial charge on any atom is -0.381 e. The molecule has 7 heteroatoms. The summed E-state index contributed by atoms with van der Waals surface area (Å²) in [7, 11) is -5.52. The zero-order valence-corrected chi connectivity index (χ0v) is 11.1. The Hall–Kier alpha value is -0.720. The molecule has 2 fully saturated rings. The van der Waals surface area contributed by atoms with Crippen molar-refractivity contribution in [3.05, 3.63) is 11.8 Å². The average Bonchev–Trinajstić information content (AvgIpc) is 2.55. The monoisotopic (exact) mass is 296 g/mol. The summed E-state index contributed by atoms with van der Waals surface area (Å²) in [5.41, 5.74) is -5.33. The average molecular weight is 296 g/mol. The first-order valence-corrected chi connectivity index (χ1v) is 7.88. The summed E-state index contributed by atoms with van der Waals surface area (Å²) in [6.07, 6.45) is 7.01. The molecule has 0 saturated heterocycles. The van der Waals surface area contributed by atoms with Gasteiger partial charge in [-0.15, -0.1) is 0 Å². The van der Waals surface area contributed by atoms with E-state index >= 15 is 0 Å². The number of alkyl halides is 3. The molecule has 0 heterocycles. The summed E-state index contributed by atoms with van der Waals surface area (Å²) in [4.78, 5) is 0. The molecular weight excluding hydrogens is 281 g/mol. The van der Waals surface area contributed by atoms with Gasteiger partial charge in [0.2, 0.25) is 0 Å². The van der Waals surface area contributed by atoms with Gasteiger partial charge in [0.15, 0.2) is 0 Å². The molecular formula is C12H15F3O3S. The Bertz CT molecular complexity index is 523. The zero-order chi connectivity index (χ0) is 13.9. The minimum atomic E-state index is -5.52. The van der Waals surface area contributed by atoms with Crippen LogP contribution in [0.4, 0.5) is 13.2 Å². The van der Waals surface area contributed by atoms with Crippen LogP contribution in [0.15, 0.2) is 11.8 Å². The van der Waals surface area contributed by atoms with Crippen molar-refractivity contribution in [1.82, 2.24) is 0 Å². The van der Waals surface area contributed by atoms with Crippen LogP contribution in [0.2, 0.25) is 0 Å². The van der Waals surface area contributed by atoms with Gasteiger partial charge in [0, 0.05) is 5.92 Å². The second kappa shape index (κ2) is 3.90. The molecule has 3 rings (SSSR count). The molecule has 0 aromatic rings. The van der Waals surface area contributed by atoms with E-state index in [9.17, 15) is 21.6 Å². The highest BCUT2D eigenvalue weighted by Gasteiger charge is 2.60. The Morgan fingerprint density at radius 2 is 2.05 bits per heavy atom. The molecule has 0 unspecified atom stereocenters. The Morgan fingerprint density at radius 1 is 1.32 bits per heavy atom. The van der Waals surface area contributed by atoms with Crippen LogP contribution in [0.3, 0.4) is 0 Å². The Labute approximate surface area is 109 Å². The highest BCUT2D eigenvalue weighted by atomic mass is 32.2. The van der Waals surface area contributed by atoms with Crippen molar-refractivity contribution in [2.75, 3.05) is 0 Å². The lowest BCUT2D eigenvalue weighted by molar-refractivity contribution is -0.0628. The van der Waals surface area contributed by atoms with Crippen LogP contribution in [0, 0.1) is 17.3 Å². The molecule has 1 spiro atoms. The number of hydrogen-bond donors (Lipinski definition) is 0. The second-order valence-corrected chi connectivity index (χ2v) is 7.28. The number of halogens is 3. The van der Waals surface area contributed by atoms with Crippen molar-refractivity contribution in [2.45, 2.75) is 44.0 Å². The van der Waals surface area contributed by atoms with Gasteiger partial charge in [-0.2, -0.15) is 21.6 Å². The molecule has 0 aromatic heterocycles. The van der Waals surface area contributed by atoms with Gasteiger partial charge >= 0.3 is 15.6 Å². The van der Waals surface area contributed by atoms with E-state index in [1.165, 1.54) is 6.08 Å². The molecule has 3 aliphatic carbocycles. The van der Waals surface area contributed by atoms with Crippen molar-refractivity contribution in [2.24, 2.45) is 17.3 Å². The molecule has 0 aliphatic heterocycles. The summed E-state index contributed by atoms with van der Waals surface area (Å²) >= 11 is 0. The van der Waals surface area contributed by atoms with Gasteiger partial charge in [0.05, 0.1) is 0 Å². The summed E-state index contributed by atoms with van der Waals surface area (Å²) in [6, 6.07) is 0. The van der Waals surface area contributed by atoms with Gasteiger partial charge in [0.1, 0.15) is 5.76 Å². The van der Waals surface area contributed by atoms with Crippen molar-refractivity contribution >= 4 is 10.1 Å². The van der Waals surface area contributed by atoms with Crippen LogP contribution in [0.5, 0.6) is 0 Å². The van der Waals surface area contributed by atoms with Gasteiger partial charge < -0.3 is 4.18 Å². The van der Waals surface area contributed by atoms with Gasteiger partial charge in [-0.3, -0.25) is 0 Å². The van der Waals surface area contributed by atoms with Gasteiger partial charge in [-0.1, -0.05) is 6.42 Å². The smallest absolute Gasteiger partial charge is 0.381 e. The standard InChI is InChI=1S/C12H15F3O3S/c13-12(14,15)19(16,17)18-10-4-2-6-11-5-1-3-8(11)7-9(10)11/h4,8-9H,1-3,5-7H2/t8-,9+,11+/m1/s1. The van der Waals surface area contributed by atoms with Crippen molar-refractivity contribution < 1.29 is 25.8 Å². The molecule has 3 aliphatic rings. The highest BCUT2D eigenvalue weighted by Crippen LogP contribution is 2.67. The normalized spacial score (nSPS) is 37.9. The van der Waals surface area contributed by atoms with Crippen LogP contribution in [-0.4, -0.2) is 13.9 Å². The highest BCUT2D eigenvalue weighted by molar-refractivity contribution is 7.87. The zero-order valence-electron chi connectivity index (χ0n) is 10.2. The molecule has 108 valence electrons. The molecule has 3 atom stereocenters. The predicted molar refractivity (Wildman–Crippen MR) is 61.3 cm³/mol. The first-order chi connectivity index (χ1) is 8.76. The molecule has 0 bridgehead atoms. The van der Waals surface area contributed by atoms with E-state index in [2.05, 4.69) is 4.18 Å². The molecule has 0 amide bonds. The Balaban J connectivity index is 1.82. The van der Waals surface area contributed by atoms with E-state index in [0.717, 1.165) is 32.1 Å². The van der Waals surface area contributed by atoms with E-state index in [4.69, 9.17) is 0 Å². The first kappa shape index (κ1) is 13.3. The summed E-state index contributed by atoms with van der Waals surface area (Å²) < 4.78 is 63.7. The van der Waals surface area contributed by atoms with Crippen LogP contribution >= 0.6 is 0 Å². The summed E-state index contributed by atoms with van der Waals surface area (Å²) in [6.45, 7) is 0. The quantitative estimate of drug-likeness (QED) is 0.580. The lowest BCUT2D eigenvalue weighted by Crippen LogP contribution is -2.49. The molecule has 0 N–H and O–H groups in total. The lowest BCUT2D eigenvalue weighted by Gasteiger charge is -2.55. The third kappa shape index (κ3) is 1.80. The fourth-order valence-corrected chi connectivity index (χ4v) is 4.67. The number of rotatable bonds is 2. The molecule has 19 heavy (non-hydrogen) atoms. The largest absolute Gasteiger partial charge is 0.534 e. The summed E-state index contributed by atoms with van der Waals surface area (Å²) in [5.74, 6) is 0.436. The number of allylic oxidation sites excluding steroid dienone is 2. The van der Waals surface area contributed by atoms with E-state index < -0.39 is 15.6 Å². The lowest BCUT2D eigenvalue weighted by atomic mass is 9.50. The van der Waals surface area contributed by atoms with Crippen LogP contribution in [0.1, 0.15) is 38.5 Å². The fourth-order valence-electron chi connectivity index (χ4n) is 4.13. The van der Waals surface area contributed by atoms with Gasteiger partial charge in [0.25, 0.3) is 0 Å². The van der Waals surface area contributed by atoms with Crippen LogP contribution < -0.4 is 0 Å². The van der Waals surface area contributed by atoms with Crippen molar-refractivity contribution in [1.29, 1.82) is 0 Å². The maximum absolute atomic E-state index is 12.4. The second-order valence-electron chi connectivity index (χ2n) is 5.74. The Kier molecular flexibility index (Phi) is 2.72. The maximum Gasteiger partial charge on any atom is 0.534 e. The van der Waals surface area contributed by atoms with E-state index in [1.54, 1.807) is 0 Å². The maximum atomic E-state index is 12.4. The van der Waals surface area contributed by atoms with E-state index in [1.807, 2.05) is 0 Å². The van der Waals surface area contributed by atoms with Crippen LogP contribution in [0.25, 0.3) is 0 Å². The molecule has 0 aromatic carbocycles. The molecule has 2 saturated carbocycles. The van der Waals surface area contributed by atoms with Crippen molar-refractivity contribution in [3.63, 3.8) is 0 Å². The third-order valence-electron chi connectivity index (χ3n) is 5.01. The first-order valence-electron chi connectivity index (χ1n) is 6.47. The number of hydrogen-bond acceptors (Lipinski definition) is 3. The third-order valence-corrected chi connectivity index (χ3v) is 5.99. The Morgan fingerprint density at radius 3 is 2.68 bits per heavy atom. The molecule has 3 nitrogen and oxygen atoms in total. The topological polar surface area (TPSA) is 43.4 Å². The van der Waals surface area contributed by atoms with Crippen molar-refractivity contribution in [3.8, 4) is 0 Å².